The highest BCUT2D eigenvalue weighted by molar-refractivity contribution is 7.19. The van der Waals surface area contributed by atoms with E-state index in [1.165, 1.54) is 11.3 Å². The molecule has 7 heteroatoms. The van der Waals surface area contributed by atoms with Crippen LogP contribution in [0.25, 0.3) is 20.5 Å². The number of halogens is 1. The van der Waals surface area contributed by atoms with E-state index in [2.05, 4.69) is 23.2 Å². The first-order chi connectivity index (χ1) is 11.7. The van der Waals surface area contributed by atoms with Crippen molar-refractivity contribution >= 4 is 61.7 Å². The molecule has 0 fully saturated rings. The minimum absolute atomic E-state index is 0.247. The summed E-state index contributed by atoms with van der Waals surface area (Å²) < 4.78 is 7.13. The van der Waals surface area contributed by atoms with Crippen molar-refractivity contribution in [2.24, 2.45) is 0 Å². The molecule has 0 saturated carbocycles. The van der Waals surface area contributed by atoms with Crippen LogP contribution in [-0.2, 0) is 11.2 Å². The largest absolute Gasteiger partial charge is 0.406 e. The molecule has 24 heavy (non-hydrogen) atoms. The number of hydrogen-bond donors (Lipinski definition) is 0. The van der Waals surface area contributed by atoms with E-state index in [4.69, 9.17) is 16.3 Å². The predicted molar refractivity (Wildman–Crippen MR) is 102 cm³/mol. The molecule has 0 bridgehead atoms. The number of fused-ring (bicyclic) bond motifs is 1. The first-order valence-corrected chi connectivity index (χ1v) is 10.00. The molecule has 0 atom stereocenters. The Morgan fingerprint density at radius 1 is 1.17 bits per heavy atom. The number of carbonyl (C=O) groups is 1. The number of esters is 1. The first kappa shape index (κ1) is 15.8. The Bertz CT molecular complexity index is 1000. The van der Waals surface area contributed by atoms with Crippen LogP contribution in [0.15, 0.2) is 47.3 Å². The maximum absolute atomic E-state index is 12.0. The van der Waals surface area contributed by atoms with E-state index in [9.17, 15) is 4.79 Å². The molecule has 0 aliphatic rings. The fourth-order valence-electron chi connectivity index (χ4n) is 2.35. The summed E-state index contributed by atoms with van der Waals surface area (Å²) >= 11 is 10.6. The van der Waals surface area contributed by atoms with Crippen LogP contribution < -0.4 is 4.74 Å². The molecule has 0 radical (unpaired) electrons. The minimum atomic E-state index is -0.294. The van der Waals surface area contributed by atoms with Crippen molar-refractivity contribution in [2.75, 3.05) is 0 Å². The van der Waals surface area contributed by atoms with Gasteiger partial charge in [-0.3, -0.25) is 4.79 Å². The van der Waals surface area contributed by atoms with Gasteiger partial charge in [0.15, 0.2) is 0 Å². The summed E-state index contributed by atoms with van der Waals surface area (Å²) in [5.74, 6) is 0.0701. The van der Waals surface area contributed by atoms with Gasteiger partial charge in [-0.1, -0.05) is 17.7 Å². The maximum Gasteiger partial charge on any atom is 0.317 e. The quantitative estimate of drug-likeness (QED) is 0.407. The fraction of sp³-hybridized carbons (Fsp3) is 0.0588. The molecule has 1 aromatic carbocycles. The number of benzene rings is 1. The molecular formula is C17H10ClNO2S3. The van der Waals surface area contributed by atoms with E-state index < -0.39 is 0 Å². The van der Waals surface area contributed by atoms with Crippen LogP contribution in [0.4, 0.5) is 0 Å². The lowest BCUT2D eigenvalue weighted by Crippen LogP contribution is -2.10. The first-order valence-electron chi connectivity index (χ1n) is 7.04. The lowest BCUT2D eigenvalue weighted by molar-refractivity contribution is -0.133. The Balaban J connectivity index is 1.55. The van der Waals surface area contributed by atoms with Gasteiger partial charge in [0.1, 0.15) is 0 Å². The average molecular weight is 392 g/mol. The lowest BCUT2D eigenvalue weighted by atomic mass is 10.1. The van der Waals surface area contributed by atoms with Gasteiger partial charge in [0.2, 0.25) is 5.88 Å². The Hall–Kier alpha value is -1.73. The highest BCUT2D eigenvalue weighted by atomic mass is 35.5. The molecular weight excluding hydrogens is 382 g/mol. The Kier molecular flexibility index (Phi) is 4.37. The highest BCUT2D eigenvalue weighted by Crippen LogP contribution is 2.35. The van der Waals surface area contributed by atoms with Gasteiger partial charge in [0.05, 0.1) is 21.6 Å². The molecule has 0 spiro atoms. The maximum atomic E-state index is 12.0. The van der Waals surface area contributed by atoms with Gasteiger partial charge >= 0.3 is 5.97 Å². The van der Waals surface area contributed by atoms with Crippen molar-refractivity contribution in [1.29, 1.82) is 0 Å². The third kappa shape index (κ3) is 3.37. The number of thiazole rings is 1. The molecule has 4 aromatic rings. The lowest BCUT2D eigenvalue weighted by Gasteiger charge is -1.98. The normalized spacial score (nSPS) is 11.0. The average Bonchev–Trinajstić information content (AvgIpc) is 3.26. The van der Waals surface area contributed by atoms with Crippen LogP contribution in [0.1, 0.15) is 4.88 Å². The van der Waals surface area contributed by atoms with E-state index in [0.29, 0.717) is 5.88 Å². The number of ether oxygens (including phenoxy) is 1. The molecule has 3 heterocycles. The Morgan fingerprint density at radius 2 is 2.08 bits per heavy atom. The molecule has 0 aliphatic heterocycles. The number of aromatic nitrogens is 1. The molecule has 0 saturated heterocycles. The zero-order valence-electron chi connectivity index (χ0n) is 12.2. The van der Waals surface area contributed by atoms with E-state index >= 15 is 0 Å². The molecule has 0 aliphatic carbocycles. The highest BCUT2D eigenvalue weighted by Gasteiger charge is 2.11. The predicted octanol–water partition coefficient (Wildman–Crippen LogP) is 5.89. The summed E-state index contributed by atoms with van der Waals surface area (Å²) in [6.07, 6.45) is 0.247. The molecule has 0 unspecified atom stereocenters. The van der Waals surface area contributed by atoms with Crippen LogP contribution >= 0.6 is 45.6 Å². The van der Waals surface area contributed by atoms with Crippen molar-refractivity contribution in [3.8, 4) is 16.3 Å². The molecule has 0 N–H and O–H groups in total. The number of carbonyl (C=O) groups excluding carboxylic acids is 1. The summed E-state index contributed by atoms with van der Waals surface area (Å²) in [7, 11) is 0. The van der Waals surface area contributed by atoms with Gasteiger partial charge < -0.3 is 4.74 Å². The Labute approximate surface area is 155 Å². The smallest absolute Gasteiger partial charge is 0.317 e. The van der Waals surface area contributed by atoms with E-state index in [0.717, 1.165) is 29.7 Å². The monoisotopic (exact) mass is 391 g/mol. The van der Waals surface area contributed by atoms with Crippen LogP contribution in [0.2, 0.25) is 4.34 Å². The van der Waals surface area contributed by atoms with Gasteiger partial charge in [-0.15, -0.1) is 34.0 Å². The number of hydrogen-bond acceptors (Lipinski definition) is 6. The second-order valence-electron chi connectivity index (χ2n) is 5.05. The number of nitrogens with zero attached hydrogens (tertiary/aromatic N) is 1. The van der Waals surface area contributed by atoms with Crippen LogP contribution in [-0.4, -0.2) is 11.0 Å². The Morgan fingerprint density at radius 3 is 2.83 bits per heavy atom. The van der Waals surface area contributed by atoms with Gasteiger partial charge in [-0.2, -0.15) is 0 Å². The van der Waals surface area contributed by atoms with Gasteiger partial charge in [0.25, 0.3) is 0 Å². The standard InChI is InChI=1S/C17H10ClNO2S3/c18-15-4-3-13(24-15)10-1-2-14-11(5-10)6-12(23-14)7-17(20)21-16-8-22-9-19-16/h1-6,8-9H,7H2. The SMILES string of the molecule is O=C(Cc1cc2cc(-c3ccc(Cl)s3)ccc2s1)Oc1cscn1. The van der Waals surface area contributed by atoms with Crippen molar-refractivity contribution in [3.05, 3.63) is 56.5 Å². The topological polar surface area (TPSA) is 39.2 Å². The number of rotatable bonds is 4. The zero-order valence-corrected chi connectivity index (χ0v) is 15.4. The molecule has 4 rings (SSSR count). The summed E-state index contributed by atoms with van der Waals surface area (Å²) in [4.78, 5) is 18.1. The third-order valence-electron chi connectivity index (χ3n) is 3.37. The van der Waals surface area contributed by atoms with Gasteiger partial charge in [0, 0.05) is 14.5 Å². The third-order valence-corrected chi connectivity index (χ3v) is 6.33. The van der Waals surface area contributed by atoms with Crippen molar-refractivity contribution in [3.63, 3.8) is 0 Å². The summed E-state index contributed by atoms with van der Waals surface area (Å²) in [6, 6.07) is 12.3. The minimum Gasteiger partial charge on any atom is -0.406 e. The van der Waals surface area contributed by atoms with E-state index in [1.54, 1.807) is 33.6 Å². The van der Waals surface area contributed by atoms with Crippen molar-refractivity contribution in [1.82, 2.24) is 4.98 Å². The van der Waals surface area contributed by atoms with Crippen LogP contribution in [0.3, 0.4) is 0 Å². The molecule has 3 aromatic heterocycles. The van der Waals surface area contributed by atoms with Gasteiger partial charge in [-0.25, -0.2) is 4.98 Å². The molecule has 0 amide bonds. The van der Waals surface area contributed by atoms with Crippen molar-refractivity contribution < 1.29 is 9.53 Å². The van der Waals surface area contributed by atoms with Crippen LogP contribution in [0, 0.1) is 0 Å². The zero-order chi connectivity index (χ0) is 16.5. The van der Waals surface area contributed by atoms with Crippen molar-refractivity contribution in [2.45, 2.75) is 6.42 Å². The van der Waals surface area contributed by atoms with E-state index in [1.807, 2.05) is 18.2 Å². The van der Waals surface area contributed by atoms with Gasteiger partial charge in [-0.05, 0) is 41.3 Å². The van der Waals surface area contributed by atoms with Crippen LogP contribution in [0.5, 0.6) is 5.88 Å². The second kappa shape index (κ2) is 6.64. The summed E-state index contributed by atoms with van der Waals surface area (Å²) in [5, 5.41) is 2.83. The second-order valence-corrected chi connectivity index (χ2v) is 8.65. The van der Waals surface area contributed by atoms with E-state index in [-0.39, 0.29) is 12.4 Å². The molecule has 120 valence electrons. The molecule has 3 nitrogen and oxygen atoms in total. The summed E-state index contributed by atoms with van der Waals surface area (Å²) in [6.45, 7) is 0. The summed E-state index contributed by atoms with van der Waals surface area (Å²) in [5.41, 5.74) is 2.77. The fourth-order valence-corrected chi connectivity index (χ4v) is 4.88. The number of thiophene rings is 2.